The summed E-state index contributed by atoms with van der Waals surface area (Å²) in [5.74, 6) is 0.954. The molecule has 1 aliphatic rings. The van der Waals surface area contributed by atoms with Gasteiger partial charge in [0.25, 0.3) is 0 Å². The summed E-state index contributed by atoms with van der Waals surface area (Å²) in [5, 5.41) is 2.96. The first-order valence-electron chi connectivity index (χ1n) is 5.53. The molecule has 0 fully saturated rings. The molecule has 1 aromatic rings. The van der Waals surface area contributed by atoms with Gasteiger partial charge in [-0.2, -0.15) is 0 Å². The summed E-state index contributed by atoms with van der Waals surface area (Å²) < 4.78 is 2.08. The minimum absolute atomic E-state index is 0.0123. The van der Waals surface area contributed by atoms with E-state index in [1.165, 1.54) is 0 Å². The predicted octanol–water partition coefficient (Wildman–Crippen LogP) is 1.21. The molecule has 0 bridgehead atoms. The summed E-state index contributed by atoms with van der Waals surface area (Å²) in [6.07, 6.45) is 3.73. The zero-order chi connectivity index (χ0) is 11.8. The second kappa shape index (κ2) is 3.81. The number of hydrogen-bond acceptors (Lipinski definition) is 2. The lowest BCUT2D eigenvalue weighted by Crippen LogP contribution is -2.50. The van der Waals surface area contributed by atoms with E-state index in [0.29, 0.717) is 6.54 Å². The number of amides is 2. The van der Waals surface area contributed by atoms with Crippen LogP contribution in [0.25, 0.3) is 0 Å². The van der Waals surface area contributed by atoms with Crippen LogP contribution in [-0.2, 0) is 13.1 Å². The lowest BCUT2D eigenvalue weighted by atomic mass is 10.1. The number of carbonyl (C=O) groups excluding carboxylic acids is 1. The van der Waals surface area contributed by atoms with Crippen molar-refractivity contribution in [3.63, 3.8) is 0 Å². The first kappa shape index (κ1) is 11.0. The number of hydrogen-bond donors (Lipinski definition) is 1. The Bertz CT molecular complexity index is 391. The summed E-state index contributed by atoms with van der Waals surface area (Å²) in [4.78, 5) is 17.9. The van der Waals surface area contributed by atoms with Gasteiger partial charge in [-0.1, -0.05) is 0 Å². The van der Waals surface area contributed by atoms with Crippen LogP contribution in [0.3, 0.4) is 0 Å². The Morgan fingerprint density at radius 3 is 2.88 bits per heavy atom. The normalized spacial score (nSPS) is 15.8. The molecule has 0 atom stereocenters. The average Bonchev–Trinajstić information content (AvgIpc) is 2.61. The van der Waals surface area contributed by atoms with E-state index in [-0.39, 0.29) is 11.6 Å². The van der Waals surface area contributed by atoms with Crippen LogP contribution >= 0.6 is 0 Å². The molecule has 88 valence electrons. The third-order valence-electron chi connectivity index (χ3n) is 2.51. The second-order valence-electron chi connectivity index (χ2n) is 5.14. The van der Waals surface area contributed by atoms with E-state index in [2.05, 4.69) is 14.9 Å². The van der Waals surface area contributed by atoms with Crippen LogP contribution in [0.1, 0.15) is 26.6 Å². The van der Waals surface area contributed by atoms with Crippen molar-refractivity contribution in [3.8, 4) is 0 Å². The topological polar surface area (TPSA) is 50.2 Å². The zero-order valence-electron chi connectivity index (χ0n) is 10.0. The smallest absolute Gasteiger partial charge is 0.318 e. The van der Waals surface area contributed by atoms with Crippen LogP contribution in [0.2, 0.25) is 0 Å². The van der Waals surface area contributed by atoms with Gasteiger partial charge in [0.2, 0.25) is 0 Å². The Labute approximate surface area is 95.5 Å². The third-order valence-corrected chi connectivity index (χ3v) is 2.51. The van der Waals surface area contributed by atoms with Crippen molar-refractivity contribution >= 4 is 6.03 Å². The van der Waals surface area contributed by atoms with Gasteiger partial charge in [0, 0.05) is 31.0 Å². The van der Waals surface area contributed by atoms with E-state index in [1.807, 2.05) is 27.0 Å². The number of carbonyl (C=O) groups is 1. The highest BCUT2D eigenvalue weighted by Crippen LogP contribution is 2.11. The molecule has 5 nitrogen and oxygen atoms in total. The molecule has 0 spiro atoms. The molecular weight excluding hydrogens is 204 g/mol. The van der Waals surface area contributed by atoms with E-state index < -0.39 is 0 Å². The predicted molar refractivity (Wildman–Crippen MR) is 60.9 cm³/mol. The molecule has 2 rings (SSSR count). The molecule has 0 saturated heterocycles. The molecule has 2 amide bonds. The minimum Gasteiger partial charge on any atom is -0.333 e. The maximum atomic E-state index is 11.9. The van der Waals surface area contributed by atoms with E-state index >= 15 is 0 Å². The summed E-state index contributed by atoms with van der Waals surface area (Å²) in [6, 6.07) is -0.0123. The summed E-state index contributed by atoms with van der Waals surface area (Å²) in [7, 11) is 0. The number of urea groups is 1. The van der Waals surface area contributed by atoms with E-state index in [4.69, 9.17) is 0 Å². The fraction of sp³-hybridized carbons (Fsp3) is 0.636. The van der Waals surface area contributed by atoms with E-state index in [1.54, 1.807) is 11.1 Å². The highest BCUT2D eigenvalue weighted by Gasteiger charge is 2.23. The monoisotopic (exact) mass is 222 g/mol. The molecule has 1 N–H and O–H groups in total. The molecular formula is C11H18N4O. The van der Waals surface area contributed by atoms with E-state index in [0.717, 1.165) is 18.9 Å². The second-order valence-corrected chi connectivity index (χ2v) is 5.14. The largest absolute Gasteiger partial charge is 0.333 e. The van der Waals surface area contributed by atoms with Crippen molar-refractivity contribution < 1.29 is 4.79 Å². The molecule has 0 saturated carbocycles. The molecule has 1 aliphatic heterocycles. The van der Waals surface area contributed by atoms with Gasteiger partial charge in [0.15, 0.2) is 0 Å². The fourth-order valence-corrected chi connectivity index (χ4v) is 1.75. The molecule has 0 unspecified atom stereocenters. The van der Waals surface area contributed by atoms with Gasteiger partial charge in [-0.25, -0.2) is 9.78 Å². The Kier molecular flexibility index (Phi) is 2.61. The van der Waals surface area contributed by atoms with Crippen molar-refractivity contribution in [2.24, 2.45) is 0 Å². The van der Waals surface area contributed by atoms with Crippen LogP contribution < -0.4 is 5.32 Å². The van der Waals surface area contributed by atoms with Gasteiger partial charge in [0.1, 0.15) is 5.82 Å². The third kappa shape index (κ3) is 2.35. The Hall–Kier alpha value is -1.52. The molecule has 1 aromatic heterocycles. The number of nitrogens with one attached hydrogen (secondary N) is 1. The number of rotatable bonds is 0. The van der Waals surface area contributed by atoms with Gasteiger partial charge >= 0.3 is 6.03 Å². The summed E-state index contributed by atoms with van der Waals surface area (Å²) >= 11 is 0. The average molecular weight is 222 g/mol. The Morgan fingerprint density at radius 1 is 1.44 bits per heavy atom. The summed E-state index contributed by atoms with van der Waals surface area (Å²) in [6.45, 7) is 8.11. The molecule has 0 aliphatic carbocycles. The molecule has 0 aromatic carbocycles. The molecule has 0 radical (unpaired) electrons. The highest BCUT2D eigenvalue weighted by molar-refractivity contribution is 5.74. The lowest BCUT2D eigenvalue weighted by Gasteiger charge is -2.31. The quantitative estimate of drug-likeness (QED) is 0.717. The lowest BCUT2D eigenvalue weighted by molar-refractivity contribution is 0.173. The van der Waals surface area contributed by atoms with Crippen molar-refractivity contribution in [2.75, 3.05) is 6.54 Å². The molecule has 16 heavy (non-hydrogen) atoms. The number of nitrogens with zero attached hydrogens (tertiary/aromatic N) is 3. The fourth-order valence-electron chi connectivity index (χ4n) is 1.75. The van der Waals surface area contributed by atoms with Crippen LogP contribution in [0.5, 0.6) is 0 Å². The standard InChI is InChI=1S/C11H18N4O/c1-11(2,3)13-10(16)15-7-6-14-5-4-12-9(14)8-15/h4-5H,6-8H2,1-3H3,(H,13,16). The van der Waals surface area contributed by atoms with E-state index in [9.17, 15) is 4.79 Å². The maximum absolute atomic E-state index is 11.9. The zero-order valence-corrected chi connectivity index (χ0v) is 10.0. The van der Waals surface area contributed by atoms with Gasteiger partial charge in [-0.15, -0.1) is 0 Å². The van der Waals surface area contributed by atoms with Crippen molar-refractivity contribution in [1.29, 1.82) is 0 Å². The number of fused-ring (bicyclic) bond motifs is 1. The van der Waals surface area contributed by atoms with Crippen molar-refractivity contribution in [3.05, 3.63) is 18.2 Å². The van der Waals surface area contributed by atoms with Crippen molar-refractivity contribution in [1.82, 2.24) is 19.8 Å². The van der Waals surface area contributed by atoms with Crippen molar-refractivity contribution in [2.45, 2.75) is 39.4 Å². The number of imidazole rings is 1. The van der Waals surface area contributed by atoms with Gasteiger partial charge in [-0.05, 0) is 20.8 Å². The maximum Gasteiger partial charge on any atom is 0.318 e. The van der Waals surface area contributed by atoms with Gasteiger partial charge in [0.05, 0.1) is 6.54 Å². The van der Waals surface area contributed by atoms with Crippen LogP contribution in [0, 0.1) is 0 Å². The SMILES string of the molecule is CC(C)(C)NC(=O)N1CCn2ccnc2C1. The Balaban J connectivity index is 2.01. The number of aromatic nitrogens is 2. The molecule has 2 heterocycles. The first-order valence-corrected chi connectivity index (χ1v) is 5.53. The summed E-state index contributed by atoms with van der Waals surface area (Å²) in [5.41, 5.74) is -0.191. The highest BCUT2D eigenvalue weighted by atomic mass is 16.2. The Morgan fingerprint density at radius 2 is 2.19 bits per heavy atom. The van der Waals surface area contributed by atoms with Gasteiger partial charge < -0.3 is 14.8 Å². The van der Waals surface area contributed by atoms with Crippen LogP contribution in [-0.4, -0.2) is 32.6 Å². The van der Waals surface area contributed by atoms with Gasteiger partial charge in [-0.3, -0.25) is 0 Å². The minimum atomic E-state index is -0.191. The molecule has 5 heteroatoms. The van der Waals surface area contributed by atoms with Crippen LogP contribution in [0.15, 0.2) is 12.4 Å². The van der Waals surface area contributed by atoms with Crippen LogP contribution in [0.4, 0.5) is 4.79 Å². The first-order chi connectivity index (χ1) is 7.46.